The molecule has 0 aliphatic heterocycles. The Morgan fingerprint density at radius 1 is 1.16 bits per heavy atom. The van der Waals surface area contributed by atoms with Crippen molar-refractivity contribution < 1.29 is 0 Å². The van der Waals surface area contributed by atoms with Gasteiger partial charge in [0.15, 0.2) is 0 Å². The van der Waals surface area contributed by atoms with Crippen LogP contribution in [0.3, 0.4) is 0 Å². The molecule has 0 unspecified atom stereocenters. The Balaban J connectivity index is 2.64. The van der Waals surface area contributed by atoms with Crippen molar-refractivity contribution in [2.24, 2.45) is 12.8 Å². The third-order valence-corrected chi connectivity index (χ3v) is 3.59. The summed E-state index contributed by atoms with van der Waals surface area (Å²) in [4.78, 5) is 12.3. The van der Waals surface area contributed by atoms with Crippen molar-refractivity contribution in [3.63, 3.8) is 0 Å². The molecule has 0 fully saturated rings. The Hall–Kier alpha value is -1.94. The SMILES string of the molecule is Cc1ccc(-c2ccc(C(N)=S)c(=O)n2C)cc1C. The first kappa shape index (κ1) is 13.5. The second-order valence-corrected chi connectivity index (χ2v) is 5.10. The molecule has 0 radical (unpaired) electrons. The highest BCUT2D eigenvalue weighted by atomic mass is 32.1. The maximum atomic E-state index is 12.2. The van der Waals surface area contributed by atoms with Crippen LogP contribution in [-0.4, -0.2) is 9.56 Å². The smallest absolute Gasteiger partial charge is 0.261 e. The third-order valence-electron chi connectivity index (χ3n) is 3.37. The average molecular weight is 272 g/mol. The van der Waals surface area contributed by atoms with E-state index in [1.54, 1.807) is 17.7 Å². The number of nitrogens with zero attached hydrogens (tertiary/aromatic N) is 1. The third kappa shape index (κ3) is 2.44. The quantitative estimate of drug-likeness (QED) is 0.853. The predicted octanol–water partition coefficient (Wildman–Crippen LogP) is 2.30. The van der Waals surface area contributed by atoms with E-state index < -0.39 is 0 Å². The average Bonchev–Trinajstić information content (AvgIpc) is 2.36. The van der Waals surface area contributed by atoms with Crippen molar-refractivity contribution in [2.45, 2.75) is 13.8 Å². The summed E-state index contributed by atoms with van der Waals surface area (Å²) >= 11 is 4.87. The van der Waals surface area contributed by atoms with Gasteiger partial charge in [-0.3, -0.25) is 4.79 Å². The summed E-state index contributed by atoms with van der Waals surface area (Å²) in [5.74, 6) is 0. The Morgan fingerprint density at radius 3 is 2.42 bits per heavy atom. The molecule has 0 amide bonds. The molecule has 0 saturated carbocycles. The summed E-state index contributed by atoms with van der Waals surface area (Å²) in [6.45, 7) is 4.12. The molecule has 2 rings (SSSR count). The molecule has 0 aliphatic carbocycles. The minimum atomic E-state index is -0.164. The Kier molecular flexibility index (Phi) is 3.53. The molecule has 98 valence electrons. The van der Waals surface area contributed by atoms with Gasteiger partial charge in [0.25, 0.3) is 5.56 Å². The molecular weight excluding hydrogens is 256 g/mol. The Labute approximate surface area is 117 Å². The van der Waals surface area contributed by atoms with E-state index >= 15 is 0 Å². The minimum absolute atomic E-state index is 0.132. The van der Waals surface area contributed by atoms with Crippen molar-refractivity contribution in [3.8, 4) is 11.3 Å². The summed E-state index contributed by atoms with van der Waals surface area (Å²) < 4.78 is 1.58. The Morgan fingerprint density at radius 2 is 1.84 bits per heavy atom. The zero-order valence-electron chi connectivity index (χ0n) is 11.2. The number of thiocarbonyl (C=S) groups is 1. The molecule has 1 heterocycles. The fraction of sp³-hybridized carbons (Fsp3) is 0.200. The molecule has 2 aromatic rings. The van der Waals surface area contributed by atoms with Gasteiger partial charge >= 0.3 is 0 Å². The van der Waals surface area contributed by atoms with Gasteiger partial charge in [0.05, 0.1) is 11.3 Å². The lowest BCUT2D eigenvalue weighted by atomic mass is 10.0. The molecule has 4 heteroatoms. The van der Waals surface area contributed by atoms with Gasteiger partial charge in [0.1, 0.15) is 4.99 Å². The number of aryl methyl sites for hydroxylation is 2. The lowest BCUT2D eigenvalue weighted by Gasteiger charge is -2.11. The second-order valence-electron chi connectivity index (χ2n) is 4.66. The lowest BCUT2D eigenvalue weighted by molar-refractivity contribution is 0.867. The van der Waals surface area contributed by atoms with Gasteiger partial charge in [-0.1, -0.05) is 24.4 Å². The highest BCUT2D eigenvalue weighted by Crippen LogP contribution is 2.20. The van der Waals surface area contributed by atoms with E-state index in [1.807, 2.05) is 12.1 Å². The molecule has 1 aromatic carbocycles. The topological polar surface area (TPSA) is 48.0 Å². The van der Waals surface area contributed by atoms with Gasteiger partial charge in [-0.2, -0.15) is 0 Å². The largest absolute Gasteiger partial charge is 0.389 e. The van der Waals surface area contributed by atoms with Crippen LogP contribution in [0.4, 0.5) is 0 Å². The van der Waals surface area contributed by atoms with Crippen LogP contribution in [0.25, 0.3) is 11.3 Å². The van der Waals surface area contributed by atoms with Gasteiger partial charge in [-0.05, 0) is 48.7 Å². The van der Waals surface area contributed by atoms with Gasteiger partial charge in [0, 0.05) is 7.05 Å². The van der Waals surface area contributed by atoms with Gasteiger partial charge in [-0.15, -0.1) is 0 Å². The maximum Gasteiger partial charge on any atom is 0.261 e. The number of hydrogen-bond acceptors (Lipinski definition) is 2. The first-order valence-electron chi connectivity index (χ1n) is 5.99. The van der Waals surface area contributed by atoms with Crippen LogP contribution in [-0.2, 0) is 7.05 Å². The lowest BCUT2D eigenvalue weighted by Crippen LogP contribution is -2.28. The zero-order valence-corrected chi connectivity index (χ0v) is 12.0. The van der Waals surface area contributed by atoms with Crippen molar-refractivity contribution in [1.82, 2.24) is 4.57 Å². The van der Waals surface area contributed by atoms with Crippen molar-refractivity contribution in [2.75, 3.05) is 0 Å². The summed E-state index contributed by atoms with van der Waals surface area (Å²) in [6, 6.07) is 9.70. The molecule has 0 saturated heterocycles. The number of aromatic nitrogens is 1. The second kappa shape index (κ2) is 4.97. The molecule has 19 heavy (non-hydrogen) atoms. The Bertz CT molecular complexity index is 717. The monoisotopic (exact) mass is 272 g/mol. The van der Waals surface area contributed by atoms with Gasteiger partial charge in [0.2, 0.25) is 0 Å². The van der Waals surface area contributed by atoms with E-state index in [4.69, 9.17) is 18.0 Å². The molecule has 3 nitrogen and oxygen atoms in total. The number of rotatable bonds is 2. The molecule has 0 aliphatic rings. The highest BCUT2D eigenvalue weighted by molar-refractivity contribution is 7.80. The van der Waals surface area contributed by atoms with Crippen LogP contribution >= 0.6 is 12.2 Å². The summed E-state index contributed by atoms with van der Waals surface area (Å²) in [6.07, 6.45) is 0. The molecule has 0 bridgehead atoms. The van der Waals surface area contributed by atoms with E-state index in [-0.39, 0.29) is 10.5 Å². The van der Waals surface area contributed by atoms with Gasteiger partial charge in [-0.25, -0.2) is 0 Å². The molecule has 2 N–H and O–H groups in total. The number of pyridine rings is 1. The minimum Gasteiger partial charge on any atom is -0.389 e. The van der Waals surface area contributed by atoms with Gasteiger partial charge < -0.3 is 10.3 Å². The van der Waals surface area contributed by atoms with E-state index in [9.17, 15) is 4.79 Å². The van der Waals surface area contributed by atoms with Crippen LogP contribution in [0.15, 0.2) is 35.1 Å². The van der Waals surface area contributed by atoms with E-state index in [0.717, 1.165) is 11.3 Å². The van der Waals surface area contributed by atoms with Crippen LogP contribution in [0.1, 0.15) is 16.7 Å². The fourth-order valence-corrected chi connectivity index (χ4v) is 2.17. The van der Waals surface area contributed by atoms with Crippen molar-refractivity contribution in [3.05, 3.63) is 57.4 Å². The van der Waals surface area contributed by atoms with Crippen LogP contribution in [0, 0.1) is 13.8 Å². The number of hydrogen-bond donors (Lipinski definition) is 1. The predicted molar refractivity (Wildman–Crippen MR) is 82.5 cm³/mol. The summed E-state index contributed by atoms with van der Waals surface area (Å²) in [5.41, 5.74) is 10.0. The summed E-state index contributed by atoms with van der Waals surface area (Å²) in [7, 11) is 1.73. The van der Waals surface area contributed by atoms with Crippen LogP contribution in [0.2, 0.25) is 0 Å². The zero-order chi connectivity index (χ0) is 14.2. The molecule has 1 aromatic heterocycles. The normalized spacial score (nSPS) is 10.5. The van der Waals surface area contributed by atoms with Crippen LogP contribution in [0.5, 0.6) is 0 Å². The van der Waals surface area contributed by atoms with E-state index in [1.165, 1.54) is 11.1 Å². The number of benzene rings is 1. The standard InChI is InChI=1S/C15H16N2OS/c1-9-4-5-11(8-10(9)2)13-7-6-12(14(16)19)15(18)17(13)3/h4-8H,1-3H3,(H2,16,19). The van der Waals surface area contributed by atoms with E-state index in [2.05, 4.69) is 26.0 Å². The number of nitrogens with two attached hydrogens (primary N) is 1. The van der Waals surface area contributed by atoms with E-state index in [0.29, 0.717) is 5.56 Å². The summed E-state index contributed by atoms with van der Waals surface area (Å²) in [5, 5.41) is 0. The fourth-order valence-electron chi connectivity index (χ4n) is 2.01. The first-order chi connectivity index (χ1) is 8.91. The molecular formula is C15H16N2OS. The van der Waals surface area contributed by atoms with Crippen molar-refractivity contribution >= 4 is 17.2 Å². The molecule has 0 atom stereocenters. The maximum absolute atomic E-state index is 12.2. The highest BCUT2D eigenvalue weighted by Gasteiger charge is 2.09. The van der Waals surface area contributed by atoms with Crippen LogP contribution < -0.4 is 11.3 Å². The molecule has 0 spiro atoms. The van der Waals surface area contributed by atoms with Crippen molar-refractivity contribution in [1.29, 1.82) is 0 Å². The first-order valence-corrected chi connectivity index (χ1v) is 6.40.